The van der Waals surface area contributed by atoms with E-state index in [2.05, 4.69) is 15.7 Å². The summed E-state index contributed by atoms with van der Waals surface area (Å²) in [4.78, 5) is 18.4. The Morgan fingerprint density at radius 3 is 2.90 bits per heavy atom. The number of fused-ring (bicyclic) bond motifs is 2. The number of benzene rings is 1. The van der Waals surface area contributed by atoms with Gasteiger partial charge in [-0.25, -0.2) is 4.98 Å². The summed E-state index contributed by atoms with van der Waals surface area (Å²) in [7, 11) is 0. The molecule has 0 atom stereocenters. The summed E-state index contributed by atoms with van der Waals surface area (Å²) < 4.78 is 15.9. The lowest BCUT2D eigenvalue weighted by molar-refractivity contribution is -0.118. The summed E-state index contributed by atoms with van der Waals surface area (Å²) in [5.74, 6) is 1.55. The van der Waals surface area contributed by atoms with Gasteiger partial charge in [0.05, 0.1) is 17.8 Å². The van der Waals surface area contributed by atoms with Crippen LogP contribution >= 0.6 is 0 Å². The Morgan fingerprint density at radius 1 is 1.23 bits per heavy atom. The van der Waals surface area contributed by atoms with Crippen LogP contribution in [0.5, 0.6) is 5.75 Å². The van der Waals surface area contributed by atoms with Crippen molar-refractivity contribution in [1.82, 2.24) is 19.0 Å². The van der Waals surface area contributed by atoms with E-state index in [4.69, 9.17) is 20.2 Å². The maximum absolute atomic E-state index is 11.3. The van der Waals surface area contributed by atoms with Crippen LogP contribution in [0.1, 0.15) is 24.4 Å². The molecule has 2 N–H and O–H groups in total. The molecule has 0 bridgehead atoms. The van der Waals surface area contributed by atoms with Crippen molar-refractivity contribution in [2.24, 2.45) is 5.73 Å². The number of hydrogen-bond donors (Lipinski definition) is 1. The number of hydrogen-bond acceptors (Lipinski definition) is 5. The molecule has 158 valence electrons. The number of carbonyl (C=O) groups is 1. The normalized spacial score (nSPS) is 17.9. The van der Waals surface area contributed by atoms with Crippen LogP contribution in [0.4, 0.5) is 0 Å². The summed E-state index contributed by atoms with van der Waals surface area (Å²) >= 11 is 0. The van der Waals surface area contributed by atoms with Crippen LogP contribution in [0.25, 0.3) is 10.9 Å². The number of nitrogens with zero attached hydrogens (tertiary/aromatic N) is 4. The molecule has 0 spiro atoms. The van der Waals surface area contributed by atoms with Gasteiger partial charge in [0, 0.05) is 44.0 Å². The molecule has 1 aromatic carbocycles. The smallest absolute Gasteiger partial charge is 0.237 e. The highest BCUT2D eigenvalue weighted by atomic mass is 16.5. The number of imidazole rings is 1. The average Bonchev–Trinajstić information content (AvgIpc) is 3.33. The zero-order chi connectivity index (χ0) is 20.5. The molecule has 0 radical (unpaired) electrons. The van der Waals surface area contributed by atoms with Crippen molar-refractivity contribution in [1.29, 1.82) is 0 Å². The third kappa shape index (κ3) is 3.93. The Kier molecular flexibility index (Phi) is 5.18. The van der Waals surface area contributed by atoms with E-state index in [0.29, 0.717) is 6.61 Å². The molecular formula is C22H27N5O3. The minimum atomic E-state index is -0.350. The summed E-state index contributed by atoms with van der Waals surface area (Å²) in [5.41, 5.74) is 7.44. The van der Waals surface area contributed by atoms with E-state index in [1.54, 1.807) is 0 Å². The highest BCUT2D eigenvalue weighted by Gasteiger charge is 2.23. The van der Waals surface area contributed by atoms with Crippen molar-refractivity contribution in [2.75, 3.05) is 19.7 Å². The van der Waals surface area contributed by atoms with E-state index in [-0.39, 0.29) is 18.6 Å². The van der Waals surface area contributed by atoms with Crippen molar-refractivity contribution in [3.05, 3.63) is 48.2 Å². The van der Waals surface area contributed by atoms with Crippen molar-refractivity contribution < 1.29 is 14.3 Å². The van der Waals surface area contributed by atoms with Gasteiger partial charge in [0.2, 0.25) is 5.91 Å². The van der Waals surface area contributed by atoms with E-state index < -0.39 is 0 Å². The molecule has 4 heterocycles. The van der Waals surface area contributed by atoms with Gasteiger partial charge in [-0.3, -0.25) is 9.69 Å². The number of nitrogens with two attached hydrogens (primary N) is 1. The van der Waals surface area contributed by atoms with Gasteiger partial charge in [-0.15, -0.1) is 0 Å². The molecule has 0 saturated carbocycles. The number of carbonyl (C=O) groups excluding carboxylic acids is 1. The van der Waals surface area contributed by atoms with Crippen LogP contribution in [0.2, 0.25) is 0 Å². The number of primary amides is 1. The highest BCUT2D eigenvalue weighted by molar-refractivity contribution is 5.87. The third-order valence-corrected chi connectivity index (χ3v) is 5.93. The Balaban J connectivity index is 1.20. The van der Waals surface area contributed by atoms with Crippen LogP contribution in [0.3, 0.4) is 0 Å². The lowest BCUT2D eigenvalue weighted by Crippen LogP contribution is -2.37. The molecule has 0 unspecified atom stereocenters. The summed E-state index contributed by atoms with van der Waals surface area (Å²) in [5, 5.41) is 1.02. The van der Waals surface area contributed by atoms with E-state index >= 15 is 0 Å². The fraction of sp³-hybridized carbons (Fsp3) is 0.455. The second-order valence-electron chi connectivity index (χ2n) is 8.09. The van der Waals surface area contributed by atoms with Gasteiger partial charge in [-0.1, -0.05) is 6.07 Å². The molecule has 3 aromatic rings. The Morgan fingerprint density at radius 2 is 2.10 bits per heavy atom. The standard InChI is InChI=1S/C22H27N5O3/c23-21(28)14-26-9-6-18-19(26)2-1-3-20(18)30-17-4-7-25(8-5-17)12-16-13-27-10-11-29-15-22(27)24-16/h1-3,6,9,13,17H,4-5,7-8,10-12,14-15H2,(H2,23,28). The molecule has 8 nitrogen and oxygen atoms in total. The molecule has 1 saturated heterocycles. The predicted molar refractivity (Wildman–Crippen MR) is 112 cm³/mol. The Labute approximate surface area is 175 Å². The van der Waals surface area contributed by atoms with Gasteiger partial charge in [-0.05, 0) is 31.0 Å². The summed E-state index contributed by atoms with van der Waals surface area (Å²) in [6.45, 7) is 5.30. The fourth-order valence-electron chi connectivity index (χ4n) is 4.42. The quantitative estimate of drug-likeness (QED) is 0.672. The maximum Gasteiger partial charge on any atom is 0.237 e. The molecule has 2 aliphatic rings. The zero-order valence-corrected chi connectivity index (χ0v) is 17.0. The fourth-order valence-corrected chi connectivity index (χ4v) is 4.42. The molecule has 0 aliphatic carbocycles. The topological polar surface area (TPSA) is 87.5 Å². The largest absolute Gasteiger partial charge is 0.490 e. The van der Waals surface area contributed by atoms with Crippen LogP contribution in [0, 0.1) is 0 Å². The number of ether oxygens (including phenoxy) is 2. The van der Waals surface area contributed by atoms with Crippen molar-refractivity contribution >= 4 is 16.8 Å². The number of rotatable bonds is 6. The number of likely N-dealkylation sites (tertiary alicyclic amines) is 1. The van der Waals surface area contributed by atoms with Crippen molar-refractivity contribution in [2.45, 2.75) is 45.2 Å². The molecule has 1 fully saturated rings. The van der Waals surface area contributed by atoms with Crippen molar-refractivity contribution in [3.63, 3.8) is 0 Å². The minimum absolute atomic E-state index is 0.176. The van der Waals surface area contributed by atoms with E-state index in [0.717, 1.165) is 73.8 Å². The van der Waals surface area contributed by atoms with Crippen molar-refractivity contribution in [3.8, 4) is 5.75 Å². The summed E-state index contributed by atoms with van der Waals surface area (Å²) in [6.07, 6.45) is 6.21. The number of aromatic nitrogens is 3. The van der Waals surface area contributed by atoms with Crippen LogP contribution in [0.15, 0.2) is 36.7 Å². The zero-order valence-electron chi connectivity index (χ0n) is 17.0. The first kappa shape index (κ1) is 19.1. The van der Waals surface area contributed by atoms with E-state index in [9.17, 15) is 4.79 Å². The highest BCUT2D eigenvalue weighted by Crippen LogP contribution is 2.29. The first-order chi connectivity index (χ1) is 14.7. The van der Waals surface area contributed by atoms with Gasteiger partial charge < -0.3 is 24.3 Å². The number of amides is 1. The second-order valence-corrected chi connectivity index (χ2v) is 8.09. The number of piperidine rings is 1. The SMILES string of the molecule is NC(=O)Cn1ccc2c(OC3CCN(Cc4cn5c(n4)COCC5)CC3)cccc21. The minimum Gasteiger partial charge on any atom is -0.490 e. The second kappa shape index (κ2) is 8.12. The molecule has 2 aliphatic heterocycles. The van der Waals surface area contributed by atoms with Gasteiger partial charge >= 0.3 is 0 Å². The molecule has 30 heavy (non-hydrogen) atoms. The lowest BCUT2D eigenvalue weighted by atomic mass is 10.1. The first-order valence-corrected chi connectivity index (χ1v) is 10.5. The van der Waals surface area contributed by atoms with Gasteiger partial charge in [0.15, 0.2) is 0 Å². The van der Waals surface area contributed by atoms with E-state index in [1.165, 1.54) is 0 Å². The first-order valence-electron chi connectivity index (χ1n) is 10.5. The molecular weight excluding hydrogens is 382 g/mol. The van der Waals surface area contributed by atoms with E-state index in [1.807, 2.05) is 35.0 Å². The predicted octanol–water partition coefficient (Wildman–Crippen LogP) is 1.90. The Bertz CT molecular complexity index is 1020. The monoisotopic (exact) mass is 409 g/mol. The van der Waals surface area contributed by atoms with Gasteiger partial charge in [0.1, 0.15) is 30.8 Å². The van der Waals surface area contributed by atoms with Crippen LogP contribution < -0.4 is 10.5 Å². The van der Waals surface area contributed by atoms with Crippen LogP contribution in [-0.4, -0.2) is 50.7 Å². The molecule has 8 heteroatoms. The maximum atomic E-state index is 11.3. The van der Waals surface area contributed by atoms with Gasteiger partial charge in [0.25, 0.3) is 0 Å². The Hall–Kier alpha value is -2.84. The summed E-state index contributed by atoms with van der Waals surface area (Å²) in [6, 6.07) is 7.95. The molecule has 5 rings (SSSR count). The van der Waals surface area contributed by atoms with Gasteiger partial charge in [-0.2, -0.15) is 0 Å². The van der Waals surface area contributed by atoms with Crippen LogP contribution in [-0.2, 0) is 35.8 Å². The average molecular weight is 409 g/mol. The molecule has 1 amide bonds. The molecule has 2 aromatic heterocycles. The lowest BCUT2D eigenvalue weighted by Gasteiger charge is -2.31. The third-order valence-electron chi connectivity index (χ3n) is 5.93.